The minimum atomic E-state index is -0.275. The van der Waals surface area contributed by atoms with Crippen LogP contribution in [0.4, 0.5) is 8.78 Å². The minimum absolute atomic E-state index is 0.0803. The first-order chi connectivity index (χ1) is 14.6. The van der Waals surface area contributed by atoms with Gasteiger partial charge in [-0.05, 0) is 35.4 Å². The number of halogens is 2. The third-order valence-corrected chi connectivity index (χ3v) is 5.87. The number of piperazine rings is 1. The maximum atomic E-state index is 13.5. The quantitative estimate of drug-likeness (QED) is 0.752. The van der Waals surface area contributed by atoms with E-state index in [0.717, 1.165) is 37.3 Å². The van der Waals surface area contributed by atoms with Crippen LogP contribution in [-0.4, -0.2) is 79.6 Å². The Bertz CT molecular complexity index is 785. The topological polar surface area (TPSA) is 36.0 Å². The highest BCUT2D eigenvalue weighted by Gasteiger charge is 2.28. The van der Waals surface area contributed by atoms with E-state index in [9.17, 15) is 13.6 Å². The Hall–Kier alpha value is -2.35. The number of nitrogens with zero attached hydrogens (tertiary/aromatic N) is 3. The average Bonchev–Trinajstić information content (AvgIpc) is 2.78. The molecule has 2 saturated heterocycles. The van der Waals surface area contributed by atoms with Crippen molar-refractivity contribution in [2.45, 2.75) is 6.04 Å². The molecule has 2 aliphatic rings. The average molecular weight is 415 g/mol. The minimum Gasteiger partial charge on any atom is -0.378 e. The third kappa shape index (κ3) is 5.03. The Kier molecular flexibility index (Phi) is 6.72. The number of benzene rings is 2. The zero-order chi connectivity index (χ0) is 20.9. The molecule has 0 radical (unpaired) electrons. The van der Waals surface area contributed by atoms with Crippen LogP contribution in [0.3, 0.4) is 0 Å². The van der Waals surface area contributed by atoms with Crippen LogP contribution in [0.25, 0.3) is 0 Å². The molecule has 4 rings (SSSR count). The maximum Gasteiger partial charge on any atom is 0.236 e. The lowest BCUT2D eigenvalue weighted by atomic mass is 9.96. The van der Waals surface area contributed by atoms with Crippen LogP contribution in [0.2, 0.25) is 0 Å². The van der Waals surface area contributed by atoms with Crippen molar-refractivity contribution in [1.82, 2.24) is 14.7 Å². The number of amides is 1. The van der Waals surface area contributed by atoms with Gasteiger partial charge in [0.25, 0.3) is 0 Å². The van der Waals surface area contributed by atoms with E-state index < -0.39 is 0 Å². The summed E-state index contributed by atoms with van der Waals surface area (Å²) in [7, 11) is 0. The van der Waals surface area contributed by atoms with Crippen molar-refractivity contribution in [1.29, 1.82) is 0 Å². The van der Waals surface area contributed by atoms with E-state index in [1.807, 2.05) is 4.90 Å². The van der Waals surface area contributed by atoms with Gasteiger partial charge in [0.05, 0.1) is 25.8 Å². The zero-order valence-electron chi connectivity index (χ0n) is 17.0. The molecule has 1 amide bonds. The summed E-state index contributed by atoms with van der Waals surface area (Å²) in [5.41, 5.74) is 1.95. The third-order valence-electron chi connectivity index (χ3n) is 5.87. The Morgan fingerprint density at radius 1 is 0.800 bits per heavy atom. The van der Waals surface area contributed by atoms with Crippen LogP contribution < -0.4 is 0 Å². The smallest absolute Gasteiger partial charge is 0.236 e. The van der Waals surface area contributed by atoms with Crippen LogP contribution in [0.15, 0.2) is 48.5 Å². The van der Waals surface area contributed by atoms with Gasteiger partial charge in [-0.3, -0.25) is 14.6 Å². The molecular formula is C23H27F2N3O2. The fourth-order valence-electron chi connectivity index (χ4n) is 4.19. The zero-order valence-corrected chi connectivity index (χ0v) is 17.0. The molecule has 2 fully saturated rings. The summed E-state index contributed by atoms with van der Waals surface area (Å²) in [6.45, 7) is 6.06. The van der Waals surface area contributed by atoms with Crippen LogP contribution >= 0.6 is 0 Å². The molecule has 0 aliphatic carbocycles. The van der Waals surface area contributed by atoms with Gasteiger partial charge in [-0.15, -0.1) is 0 Å². The first-order valence-corrected chi connectivity index (χ1v) is 10.4. The molecule has 0 aromatic heterocycles. The summed E-state index contributed by atoms with van der Waals surface area (Å²) >= 11 is 0. The van der Waals surface area contributed by atoms with Gasteiger partial charge in [0.1, 0.15) is 11.6 Å². The molecule has 0 unspecified atom stereocenters. The van der Waals surface area contributed by atoms with Crippen LogP contribution in [0.1, 0.15) is 17.2 Å². The van der Waals surface area contributed by atoms with Crippen molar-refractivity contribution in [3.05, 3.63) is 71.3 Å². The largest absolute Gasteiger partial charge is 0.378 e. The van der Waals surface area contributed by atoms with Gasteiger partial charge in [-0.2, -0.15) is 0 Å². The van der Waals surface area contributed by atoms with Gasteiger partial charge in [-0.1, -0.05) is 24.3 Å². The van der Waals surface area contributed by atoms with Crippen LogP contribution in [0, 0.1) is 11.6 Å². The second kappa shape index (κ2) is 9.64. The van der Waals surface area contributed by atoms with Gasteiger partial charge >= 0.3 is 0 Å². The van der Waals surface area contributed by atoms with Crippen molar-refractivity contribution < 1.29 is 18.3 Å². The van der Waals surface area contributed by atoms with Gasteiger partial charge in [0.2, 0.25) is 5.91 Å². The van der Waals surface area contributed by atoms with E-state index in [2.05, 4.69) is 9.80 Å². The van der Waals surface area contributed by atoms with E-state index >= 15 is 0 Å². The SMILES string of the molecule is O=C(CN1CCN(C(c2ccc(F)cc2)c2ccc(F)cc2)CC1)N1CCOCC1. The first kappa shape index (κ1) is 20.9. The first-order valence-electron chi connectivity index (χ1n) is 10.4. The molecular weight excluding hydrogens is 388 g/mol. The number of morpholine rings is 1. The second-order valence-corrected chi connectivity index (χ2v) is 7.81. The predicted molar refractivity (Wildman–Crippen MR) is 110 cm³/mol. The normalized spacial score (nSPS) is 18.7. The molecule has 2 aromatic rings. The summed E-state index contributed by atoms with van der Waals surface area (Å²) in [6, 6.07) is 12.9. The highest BCUT2D eigenvalue weighted by molar-refractivity contribution is 5.78. The van der Waals surface area contributed by atoms with Gasteiger partial charge in [-0.25, -0.2) is 8.78 Å². The number of ether oxygens (including phenoxy) is 1. The molecule has 0 bridgehead atoms. The fraction of sp³-hybridized carbons (Fsp3) is 0.435. The number of carbonyl (C=O) groups is 1. The van der Waals surface area contributed by atoms with E-state index in [-0.39, 0.29) is 23.6 Å². The highest BCUT2D eigenvalue weighted by Crippen LogP contribution is 2.30. The van der Waals surface area contributed by atoms with Crippen LogP contribution in [0.5, 0.6) is 0 Å². The van der Waals surface area contributed by atoms with Crippen molar-refractivity contribution in [3.63, 3.8) is 0 Å². The summed E-state index contributed by atoms with van der Waals surface area (Å²) in [4.78, 5) is 18.9. The van der Waals surface area contributed by atoms with Gasteiger partial charge in [0.15, 0.2) is 0 Å². The maximum absolute atomic E-state index is 13.5. The molecule has 0 N–H and O–H groups in total. The molecule has 2 heterocycles. The molecule has 2 aliphatic heterocycles. The molecule has 0 atom stereocenters. The predicted octanol–water partition coefficient (Wildman–Crippen LogP) is 2.53. The standard InChI is InChI=1S/C23H27F2N3O2/c24-20-5-1-18(2-6-20)23(19-3-7-21(25)8-4-19)28-11-9-26(10-12-28)17-22(29)27-13-15-30-16-14-27/h1-8,23H,9-17H2. The van der Waals surface area contributed by atoms with Crippen molar-refractivity contribution in [3.8, 4) is 0 Å². The molecule has 0 saturated carbocycles. The molecule has 7 heteroatoms. The number of hydrogen-bond acceptors (Lipinski definition) is 4. The summed E-state index contributed by atoms with van der Waals surface area (Å²) in [6.07, 6.45) is 0. The van der Waals surface area contributed by atoms with E-state index in [0.29, 0.717) is 32.8 Å². The monoisotopic (exact) mass is 415 g/mol. The lowest BCUT2D eigenvalue weighted by Gasteiger charge is -2.40. The van der Waals surface area contributed by atoms with Crippen LogP contribution in [-0.2, 0) is 9.53 Å². The second-order valence-electron chi connectivity index (χ2n) is 7.81. The molecule has 5 nitrogen and oxygen atoms in total. The molecule has 30 heavy (non-hydrogen) atoms. The van der Waals surface area contributed by atoms with Gasteiger partial charge in [0, 0.05) is 39.3 Å². The van der Waals surface area contributed by atoms with E-state index in [1.54, 1.807) is 24.3 Å². The number of hydrogen-bond donors (Lipinski definition) is 0. The fourth-order valence-corrected chi connectivity index (χ4v) is 4.19. The summed E-state index contributed by atoms with van der Waals surface area (Å²) in [5, 5.41) is 0. The Labute approximate surface area is 175 Å². The van der Waals surface area contributed by atoms with Crippen molar-refractivity contribution >= 4 is 5.91 Å². The highest BCUT2D eigenvalue weighted by atomic mass is 19.1. The Balaban J connectivity index is 1.43. The Morgan fingerprint density at radius 2 is 1.30 bits per heavy atom. The molecule has 0 spiro atoms. The van der Waals surface area contributed by atoms with Crippen molar-refractivity contribution in [2.24, 2.45) is 0 Å². The number of rotatable bonds is 5. The number of carbonyl (C=O) groups excluding carboxylic acids is 1. The lowest BCUT2D eigenvalue weighted by molar-refractivity contribution is -0.136. The molecule has 160 valence electrons. The van der Waals surface area contributed by atoms with E-state index in [1.165, 1.54) is 24.3 Å². The molecule has 2 aromatic carbocycles. The van der Waals surface area contributed by atoms with E-state index in [4.69, 9.17) is 4.74 Å². The van der Waals surface area contributed by atoms with Gasteiger partial charge < -0.3 is 9.64 Å². The Morgan fingerprint density at radius 3 is 1.80 bits per heavy atom. The van der Waals surface area contributed by atoms with Crippen molar-refractivity contribution in [2.75, 3.05) is 59.0 Å². The summed E-state index contributed by atoms with van der Waals surface area (Å²) < 4.78 is 32.2. The summed E-state index contributed by atoms with van der Waals surface area (Å²) in [5.74, 6) is -0.397. The lowest BCUT2D eigenvalue weighted by Crippen LogP contribution is -2.52.